The molecule has 4 rings (SSSR count). The Kier molecular flexibility index (Phi) is 3.64. The largest absolute Gasteiger partial charge is 0.375 e. The minimum Gasteiger partial charge on any atom is -0.375 e. The van der Waals surface area contributed by atoms with Crippen molar-refractivity contribution in [3.8, 4) is 0 Å². The first-order valence-corrected chi connectivity index (χ1v) is 8.69. The molecular weight excluding hydrogens is 288 g/mol. The molecule has 1 aliphatic carbocycles. The van der Waals surface area contributed by atoms with Crippen LogP contribution in [-0.2, 0) is 17.6 Å². The fourth-order valence-electron chi connectivity index (χ4n) is 3.89. The summed E-state index contributed by atoms with van der Waals surface area (Å²) in [5, 5.41) is 1.24. The summed E-state index contributed by atoms with van der Waals surface area (Å²) < 4.78 is 5.64. The van der Waals surface area contributed by atoms with E-state index >= 15 is 0 Å². The maximum absolute atomic E-state index is 12.9. The summed E-state index contributed by atoms with van der Waals surface area (Å²) in [5.74, 6) is 0.125. The molecule has 1 aliphatic heterocycles. The maximum atomic E-state index is 12.9. The Morgan fingerprint density at radius 1 is 1.26 bits per heavy atom. The summed E-state index contributed by atoms with van der Waals surface area (Å²) in [5.41, 5.74) is 4.75. The fraction of sp³-hybridized carbons (Fsp3) is 0.526. The molecule has 122 valence electrons. The number of ether oxygens (including phenoxy) is 1. The van der Waals surface area contributed by atoms with E-state index in [2.05, 4.69) is 24.0 Å². The number of carbonyl (C=O) groups is 1. The third-order valence-electron chi connectivity index (χ3n) is 5.21. The molecule has 2 unspecified atom stereocenters. The van der Waals surface area contributed by atoms with E-state index in [1.807, 2.05) is 17.9 Å². The highest BCUT2D eigenvalue weighted by Gasteiger charge is 2.28. The molecule has 1 saturated heterocycles. The predicted octanol–water partition coefficient (Wildman–Crippen LogP) is 3.30. The lowest BCUT2D eigenvalue weighted by Crippen LogP contribution is -2.50. The third kappa shape index (κ3) is 2.55. The van der Waals surface area contributed by atoms with Crippen LogP contribution in [-0.4, -0.2) is 41.1 Å². The van der Waals surface area contributed by atoms with E-state index in [0.717, 1.165) is 23.9 Å². The number of fused-ring (bicyclic) bond motifs is 3. The van der Waals surface area contributed by atoms with Gasteiger partial charge in [-0.3, -0.25) is 4.79 Å². The van der Waals surface area contributed by atoms with E-state index in [-0.39, 0.29) is 18.1 Å². The van der Waals surface area contributed by atoms with Gasteiger partial charge in [-0.05, 0) is 63.3 Å². The van der Waals surface area contributed by atoms with Gasteiger partial charge in [-0.25, -0.2) is 0 Å². The molecule has 0 spiro atoms. The Balaban J connectivity index is 1.69. The Morgan fingerprint density at radius 3 is 2.96 bits per heavy atom. The van der Waals surface area contributed by atoms with Gasteiger partial charge in [-0.1, -0.05) is 0 Å². The summed E-state index contributed by atoms with van der Waals surface area (Å²) in [6, 6.07) is 6.25. The highest BCUT2D eigenvalue weighted by atomic mass is 16.5. The molecule has 1 amide bonds. The lowest BCUT2D eigenvalue weighted by molar-refractivity contribution is -0.0387. The number of benzene rings is 1. The van der Waals surface area contributed by atoms with Crippen LogP contribution in [0.4, 0.5) is 0 Å². The molecule has 2 atom stereocenters. The number of H-pyrrole nitrogens is 1. The molecule has 0 radical (unpaired) electrons. The number of morpholine rings is 1. The average molecular weight is 312 g/mol. The van der Waals surface area contributed by atoms with E-state index in [1.54, 1.807) is 0 Å². The average Bonchev–Trinajstić information content (AvgIpc) is 2.94. The normalized spacial score (nSPS) is 24.7. The molecule has 4 nitrogen and oxygen atoms in total. The first-order valence-electron chi connectivity index (χ1n) is 8.69. The van der Waals surface area contributed by atoms with Gasteiger partial charge >= 0.3 is 0 Å². The van der Waals surface area contributed by atoms with Gasteiger partial charge in [0.1, 0.15) is 0 Å². The molecule has 2 heterocycles. The minimum absolute atomic E-state index is 0.110. The van der Waals surface area contributed by atoms with E-state index in [1.165, 1.54) is 29.5 Å². The Bertz CT molecular complexity index is 749. The van der Waals surface area contributed by atoms with Crippen LogP contribution < -0.4 is 0 Å². The summed E-state index contributed by atoms with van der Waals surface area (Å²) in [7, 11) is 0. The molecule has 1 fully saturated rings. The molecule has 1 aromatic carbocycles. The van der Waals surface area contributed by atoms with E-state index in [4.69, 9.17) is 4.74 Å². The van der Waals surface area contributed by atoms with Gasteiger partial charge < -0.3 is 14.6 Å². The van der Waals surface area contributed by atoms with Crippen LogP contribution in [0.25, 0.3) is 10.9 Å². The molecule has 23 heavy (non-hydrogen) atoms. The molecule has 1 N–H and O–H groups in total. The van der Waals surface area contributed by atoms with Crippen molar-refractivity contribution < 1.29 is 9.53 Å². The van der Waals surface area contributed by atoms with Crippen molar-refractivity contribution in [1.29, 1.82) is 0 Å². The third-order valence-corrected chi connectivity index (χ3v) is 5.21. The van der Waals surface area contributed by atoms with E-state index in [0.29, 0.717) is 13.2 Å². The first-order chi connectivity index (χ1) is 11.1. The topological polar surface area (TPSA) is 45.3 Å². The number of aromatic nitrogens is 1. The Morgan fingerprint density at radius 2 is 2.09 bits per heavy atom. The first kappa shape index (κ1) is 14.8. The smallest absolute Gasteiger partial charge is 0.254 e. The molecule has 0 bridgehead atoms. The van der Waals surface area contributed by atoms with Crippen LogP contribution in [0.5, 0.6) is 0 Å². The van der Waals surface area contributed by atoms with Crippen LogP contribution >= 0.6 is 0 Å². The Hall–Kier alpha value is -1.81. The fourth-order valence-corrected chi connectivity index (χ4v) is 3.89. The second kappa shape index (κ2) is 5.68. The van der Waals surface area contributed by atoms with Crippen molar-refractivity contribution in [2.45, 2.75) is 51.7 Å². The van der Waals surface area contributed by atoms with Crippen molar-refractivity contribution in [2.24, 2.45) is 0 Å². The van der Waals surface area contributed by atoms with Crippen LogP contribution in [0.1, 0.15) is 48.3 Å². The number of amides is 1. The van der Waals surface area contributed by atoms with Crippen molar-refractivity contribution in [3.05, 3.63) is 35.0 Å². The second-order valence-corrected chi connectivity index (χ2v) is 7.00. The van der Waals surface area contributed by atoms with Crippen LogP contribution in [0, 0.1) is 0 Å². The lowest BCUT2D eigenvalue weighted by atomic mass is 9.95. The highest BCUT2D eigenvalue weighted by molar-refractivity contribution is 5.99. The van der Waals surface area contributed by atoms with Crippen molar-refractivity contribution in [3.63, 3.8) is 0 Å². The summed E-state index contributed by atoms with van der Waals surface area (Å²) in [6.07, 6.45) is 4.87. The zero-order valence-corrected chi connectivity index (χ0v) is 13.9. The monoisotopic (exact) mass is 312 g/mol. The zero-order chi connectivity index (χ0) is 16.0. The number of hydrogen-bond acceptors (Lipinski definition) is 2. The van der Waals surface area contributed by atoms with Gasteiger partial charge in [0.25, 0.3) is 5.91 Å². The van der Waals surface area contributed by atoms with Gasteiger partial charge in [-0.15, -0.1) is 0 Å². The number of hydrogen-bond donors (Lipinski definition) is 1. The number of nitrogens with one attached hydrogen (secondary N) is 1. The predicted molar refractivity (Wildman–Crippen MR) is 90.9 cm³/mol. The van der Waals surface area contributed by atoms with Crippen molar-refractivity contribution in [2.75, 3.05) is 13.2 Å². The summed E-state index contributed by atoms with van der Waals surface area (Å²) in [6.45, 7) is 5.37. The minimum atomic E-state index is 0.110. The van der Waals surface area contributed by atoms with Crippen LogP contribution in [0.3, 0.4) is 0 Å². The van der Waals surface area contributed by atoms with Gasteiger partial charge in [-0.2, -0.15) is 0 Å². The van der Waals surface area contributed by atoms with Gasteiger partial charge in [0.05, 0.1) is 18.8 Å². The second-order valence-electron chi connectivity index (χ2n) is 7.00. The number of nitrogens with zero attached hydrogens (tertiary/aromatic N) is 1. The molecule has 4 heteroatoms. The summed E-state index contributed by atoms with van der Waals surface area (Å²) in [4.78, 5) is 18.4. The quantitative estimate of drug-likeness (QED) is 0.878. The number of aromatic amines is 1. The maximum Gasteiger partial charge on any atom is 0.254 e. The summed E-state index contributed by atoms with van der Waals surface area (Å²) >= 11 is 0. The number of rotatable bonds is 1. The molecule has 2 aromatic rings. The van der Waals surface area contributed by atoms with Gasteiger partial charge in [0, 0.05) is 28.7 Å². The standard InChI is InChI=1S/C19H24N2O2/c1-12-11-23-13(2)10-21(12)19(22)14-7-8-18-16(9-14)15-5-3-4-6-17(15)20-18/h7-9,12-13,20H,3-6,10-11H2,1-2H3. The molecular formula is C19H24N2O2. The van der Waals surface area contributed by atoms with Gasteiger partial charge in [0.15, 0.2) is 0 Å². The molecule has 0 saturated carbocycles. The SMILES string of the molecule is CC1CN(C(=O)c2ccc3[nH]c4c(c3c2)CCCC4)C(C)CO1. The van der Waals surface area contributed by atoms with Gasteiger partial charge in [0.2, 0.25) is 0 Å². The van der Waals surface area contributed by atoms with Crippen molar-refractivity contribution >= 4 is 16.8 Å². The van der Waals surface area contributed by atoms with E-state index in [9.17, 15) is 4.79 Å². The van der Waals surface area contributed by atoms with Crippen molar-refractivity contribution in [1.82, 2.24) is 9.88 Å². The lowest BCUT2D eigenvalue weighted by Gasteiger charge is -2.36. The Labute approximate surface area is 136 Å². The van der Waals surface area contributed by atoms with E-state index < -0.39 is 0 Å². The zero-order valence-electron chi connectivity index (χ0n) is 13.9. The highest BCUT2D eigenvalue weighted by Crippen LogP contribution is 2.30. The molecule has 1 aromatic heterocycles. The van der Waals surface area contributed by atoms with Crippen LogP contribution in [0.2, 0.25) is 0 Å². The number of carbonyl (C=O) groups excluding carboxylic acids is 1. The van der Waals surface area contributed by atoms with Crippen LogP contribution in [0.15, 0.2) is 18.2 Å². The molecule has 2 aliphatic rings. The number of aryl methyl sites for hydroxylation is 2.